The fraction of sp³-hybridized carbons (Fsp3) is 0.929. The van der Waals surface area contributed by atoms with E-state index >= 15 is 0 Å². The average molecular weight is 255 g/mol. The lowest BCUT2D eigenvalue weighted by molar-refractivity contribution is -0.136. The van der Waals surface area contributed by atoms with Crippen LogP contribution < -0.4 is 5.32 Å². The summed E-state index contributed by atoms with van der Waals surface area (Å²) in [5.74, 6) is 0.275. The topological polar surface area (TPSA) is 35.6 Å². The summed E-state index contributed by atoms with van der Waals surface area (Å²) in [4.78, 5) is 16.6. The van der Waals surface area contributed by atoms with Gasteiger partial charge >= 0.3 is 0 Å². The highest BCUT2D eigenvalue weighted by Gasteiger charge is 2.28. The molecule has 1 aliphatic heterocycles. The zero-order chi connectivity index (χ0) is 13.5. The van der Waals surface area contributed by atoms with Gasteiger partial charge in [0, 0.05) is 25.7 Å². The molecule has 18 heavy (non-hydrogen) atoms. The van der Waals surface area contributed by atoms with E-state index in [1.807, 2.05) is 18.7 Å². The molecule has 0 saturated carbocycles. The van der Waals surface area contributed by atoms with Crippen molar-refractivity contribution in [3.8, 4) is 0 Å². The first-order valence-electron chi connectivity index (χ1n) is 7.40. The monoisotopic (exact) mass is 255 g/mol. The summed E-state index contributed by atoms with van der Waals surface area (Å²) < 4.78 is 0. The van der Waals surface area contributed by atoms with Crippen LogP contribution in [0.25, 0.3) is 0 Å². The Hall–Kier alpha value is -0.610. The van der Waals surface area contributed by atoms with Crippen molar-refractivity contribution in [2.24, 2.45) is 0 Å². The van der Waals surface area contributed by atoms with E-state index in [-0.39, 0.29) is 11.9 Å². The van der Waals surface area contributed by atoms with Gasteiger partial charge in [-0.3, -0.25) is 9.69 Å². The predicted octanol–water partition coefficient (Wildman–Crippen LogP) is 1.32. The lowest BCUT2D eigenvalue weighted by atomic mass is 10.0. The highest BCUT2D eigenvalue weighted by molar-refractivity contribution is 5.81. The number of amides is 1. The number of hydrogen-bond acceptors (Lipinski definition) is 3. The molecule has 4 heteroatoms. The van der Waals surface area contributed by atoms with E-state index in [0.29, 0.717) is 6.04 Å². The van der Waals surface area contributed by atoms with Crippen LogP contribution in [0, 0.1) is 0 Å². The third-order valence-electron chi connectivity index (χ3n) is 3.93. The van der Waals surface area contributed by atoms with Crippen molar-refractivity contribution in [2.75, 3.05) is 32.7 Å². The van der Waals surface area contributed by atoms with E-state index in [0.717, 1.165) is 32.7 Å². The first-order valence-corrected chi connectivity index (χ1v) is 7.40. The van der Waals surface area contributed by atoms with E-state index in [1.54, 1.807) is 0 Å². The van der Waals surface area contributed by atoms with E-state index in [2.05, 4.69) is 24.1 Å². The van der Waals surface area contributed by atoms with Gasteiger partial charge in [0.2, 0.25) is 5.91 Å². The van der Waals surface area contributed by atoms with E-state index in [4.69, 9.17) is 0 Å². The van der Waals surface area contributed by atoms with Gasteiger partial charge in [0.25, 0.3) is 0 Å². The van der Waals surface area contributed by atoms with Crippen LogP contribution in [0.2, 0.25) is 0 Å². The number of nitrogens with one attached hydrogen (secondary N) is 1. The van der Waals surface area contributed by atoms with E-state index < -0.39 is 0 Å². The Morgan fingerprint density at radius 3 is 2.61 bits per heavy atom. The fourth-order valence-electron chi connectivity index (χ4n) is 2.77. The molecular formula is C14H29N3O. The number of likely N-dealkylation sites (N-methyl/N-ethyl adjacent to an activating group) is 2. The second-order valence-corrected chi connectivity index (χ2v) is 5.08. The van der Waals surface area contributed by atoms with Gasteiger partial charge < -0.3 is 10.2 Å². The second kappa shape index (κ2) is 7.74. The summed E-state index contributed by atoms with van der Waals surface area (Å²) in [7, 11) is 0. The molecule has 0 spiro atoms. The number of rotatable bonds is 6. The number of carbonyl (C=O) groups is 1. The molecule has 0 aromatic heterocycles. The standard InChI is InChI=1S/C14H29N3O/c1-5-15-13-9-8-10-17(11-13)12(4)14(18)16(6-2)7-3/h12-13,15H,5-11H2,1-4H3. The lowest BCUT2D eigenvalue weighted by Crippen LogP contribution is -2.53. The molecule has 1 amide bonds. The van der Waals surface area contributed by atoms with Gasteiger partial charge in [0.1, 0.15) is 0 Å². The number of carbonyl (C=O) groups excluding carboxylic acids is 1. The molecule has 1 fully saturated rings. The van der Waals surface area contributed by atoms with Gasteiger partial charge in [-0.2, -0.15) is 0 Å². The maximum absolute atomic E-state index is 12.3. The molecule has 4 nitrogen and oxygen atoms in total. The summed E-state index contributed by atoms with van der Waals surface area (Å²) in [6, 6.07) is 0.571. The number of likely N-dealkylation sites (tertiary alicyclic amines) is 1. The molecule has 1 aliphatic rings. The van der Waals surface area contributed by atoms with Crippen molar-refractivity contribution in [3.63, 3.8) is 0 Å². The summed E-state index contributed by atoms with van der Waals surface area (Å²) in [6.07, 6.45) is 2.42. The van der Waals surface area contributed by atoms with Gasteiger partial charge in [0.05, 0.1) is 6.04 Å². The van der Waals surface area contributed by atoms with Gasteiger partial charge in [-0.05, 0) is 46.7 Å². The number of hydrogen-bond donors (Lipinski definition) is 1. The largest absolute Gasteiger partial charge is 0.342 e. The van der Waals surface area contributed by atoms with Crippen LogP contribution in [0.3, 0.4) is 0 Å². The highest BCUT2D eigenvalue weighted by Crippen LogP contribution is 2.14. The average Bonchev–Trinajstić information content (AvgIpc) is 2.40. The Labute approximate surface area is 112 Å². The quantitative estimate of drug-likeness (QED) is 0.777. The van der Waals surface area contributed by atoms with E-state index in [1.165, 1.54) is 12.8 Å². The molecular weight excluding hydrogens is 226 g/mol. The minimum Gasteiger partial charge on any atom is -0.342 e. The van der Waals surface area contributed by atoms with Crippen molar-refractivity contribution in [1.82, 2.24) is 15.1 Å². The maximum atomic E-state index is 12.3. The highest BCUT2D eigenvalue weighted by atomic mass is 16.2. The third-order valence-corrected chi connectivity index (χ3v) is 3.93. The van der Waals surface area contributed by atoms with Gasteiger partial charge in [-0.1, -0.05) is 6.92 Å². The van der Waals surface area contributed by atoms with Crippen molar-refractivity contribution in [3.05, 3.63) is 0 Å². The van der Waals surface area contributed by atoms with Crippen molar-refractivity contribution in [1.29, 1.82) is 0 Å². The number of piperidine rings is 1. The summed E-state index contributed by atoms with van der Waals surface area (Å²) in [6.45, 7) is 13.0. The van der Waals surface area contributed by atoms with Crippen molar-refractivity contribution >= 4 is 5.91 Å². The second-order valence-electron chi connectivity index (χ2n) is 5.08. The molecule has 1 N–H and O–H groups in total. The minimum absolute atomic E-state index is 0.0198. The normalized spacial score (nSPS) is 22.8. The Balaban J connectivity index is 2.54. The Morgan fingerprint density at radius 1 is 1.39 bits per heavy atom. The van der Waals surface area contributed by atoms with Gasteiger partial charge in [0.15, 0.2) is 0 Å². The van der Waals surface area contributed by atoms with Gasteiger partial charge in [-0.25, -0.2) is 0 Å². The Morgan fingerprint density at radius 2 is 2.06 bits per heavy atom. The summed E-state index contributed by atoms with van der Waals surface area (Å²) >= 11 is 0. The first kappa shape index (κ1) is 15.4. The first-order chi connectivity index (χ1) is 8.63. The van der Waals surface area contributed by atoms with Crippen LogP contribution in [-0.4, -0.2) is 60.5 Å². The smallest absolute Gasteiger partial charge is 0.239 e. The molecule has 0 aliphatic carbocycles. The van der Waals surface area contributed by atoms with Gasteiger partial charge in [-0.15, -0.1) is 0 Å². The number of nitrogens with zero attached hydrogens (tertiary/aromatic N) is 2. The maximum Gasteiger partial charge on any atom is 0.239 e. The molecule has 2 unspecified atom stereocenters. The molecule has 1 rings (SSSR count). The lowest BCUT2D eigenvalue weighted by Gasteiger charge is -2.38. The molecule has 0 bridgehead atoms. The molecule has 0 aromatic carbocycles. The SMILES string of the molecule is CCNC1CCCN(C(C)C(=O)N(CC)CC)C1. The van der Waals surface area contributed by atoms with Crippen molar-refractivity contribution in [2.45, 2.75) is 52.6 Å². The van der Waals surface area contributed by atoms with Crippen LogP contribution in [0.1, 0.15) is 40.5 Å². The summed E-state index contributed by atoms with van der Waals surface area (Å²) in [5, 5.41) is 3.50. The predicted molar refractivity (Wildman–Crippen MR) is 75.7 cm³/mol. The molecule has 0 aromatic rings. The molecule has 106 valence electrons. The third kappa shape index (κ3) is 3.95. The Kier molecular flexibility index (Phi) is 6.65. The van der Waals surface area contributed by atoms with Crippen molar-refractivity contribution < 1.29 is 4.79 Å². The zero-order valence-corrected chi connectivity index (χ0v) is 12.4. The van der Waals surface area contributed by atoms with Crippen LogP contribution in [0.4, 0.5) is 0 Å². The molecule has 0 radical (unpaired) electrons. The molecule has 2 atom stereocenters. The van der Waals surface area contributed by atoms with E-state index in [9.17, 15) is 4.79 Å². The molecule has 1 heterocycles. The molecule has 1 saturated heterocycles. The Bertz CT molecular complexity index is 251. The fourth-order valence-corrected chi connectivity index (χ4v) is 2.77. The summed E-state index contributed by atoms with van der Waals surface area (Å²) in [5.41, 5.74) is 0. The van der Waals surface area contributed by atoms with Crippen LogP contribution >= 0.6 is 0 Å². The van der Waals surface area contributed by atoms with Crippen LogP contribution in [0.15, 0.2) is 0 Å². The minimum atomic E-state index is 0.0198. The zero-order valence-electron chi connectivity index (χ0n) is 12.4. The van der Waals surface area contributed by atoms with Crippen LogP contribution in [0.5, 0.6) is 0 Å². The van der Waals surface area contributed by atoms with Crippen LogP contribution in [-0.2, 0) is 4.79 Å².